The molecule has 0 spiro atoms. The summed E-state index contributed by atoms with van der Waals surface area (Å²) in [5.74, 6) is -0.244. The van der Waals surface area contributed by atoms with E-state index in [0.717, 1.165) is 11.1 Å². The minimum atomic E-state index is -3.92. The van der Waals surface area contributed by atoms with Crippen LogP contribution in [0.5, 0.6) is 0 Å². The minimum Gasteiger partial charge on any atom is -0.345 e. The number of fused-ring (bicyclic) bond motifs is 1. The zero-order chi connectivity index (χ0) is 23.0. The maximum absolute atomic E-state index is 13.5. The predicted molar refractivity (Wildman–Crippen MR) is 128 cm³/mol. The summed E-state index contributed by atoms with van der Waals surface area (Å²) in [5, 5.41) is 4.42. The molecule has 0 bridgehead atoms. The molecular formula is C24H21ClN4O3S. The first-order valence-electron chi connectivity index (χ1n) is 10.5. The second kappa shape index (κ2) is 8.72. The van der Waals surface area contributed by atoms with Crippen molar-refractivity contribution in [3.63, 3.8) is 0 Å². The number of halogens is 1. The van der Waals surface area contributed by atoms with Crippen molar-refractivity contribution < 1.29 is 13.2 Å². The summed E-state index contributed by atoms with van der Waals surface area (Å²) in [6.45, 7) is 0.913. The molecule has 33 heavy (non-hydrogen) atoms. The Hall–Kier alpha value is -3.04. The highest BCUT2D eigenvalue weighted by atomic mass is 35.5. The fraction of sp³-hybridized carbons (Fsp3) is 0.167. The van der Waals surface area contributed by atoms with E-state index in [1.54, 1.807) is 48.8 Å². The monoisotopic (exact) mass is 480 g/mol. The molecule has 3 heterocycles. The van der Waals surface area contributed by atoms with Crippen molar-refractivity contribution in [2.24, 2.45) is 0 Å². The molecule has 2 aromatic heterocycles. The Morgan fingerprint density at radius 2 is 1.73 bits per heavy atom. The summed E-state index contributed by atoms with van der Waals surface area (Å²) in [6, 6.07) is 16.8. The molecule has 0 saturated carbocycles. The Morgan fingerprint density at radius 1 is 1.00 bits per heavy atom. The van der Waals surface area contributed by atoms with Gasteiger partial charge in [-0.1, -0.05) is 35.9 Å². The van der Waals surface area contributed by atoms with Crippen molar-refractivity contribution >= 4 is 38.3 Å². The van der Waals surface area contributed by atoms with Crippen molar-refractivity contribution in [2.45, 2.75) is 11.1 Å². The number of hydrogen-bond acceptors (Lipinski definition) is 5. The lowest BCUT2D eigenvalue weighted by atomic mass is 9.99. The third-order valence-corrected chi connectivity index (χ3v) is 7.89. The van der Waals surface area contributed by atoms with Crippen LogP contribution < -0.4 is 5.32 Å². The molecule has 1 fully saturated rings. The van der Waals surface area contributed by atoms with E-state index < -0.39 is 16.1 Å². The van der Waals surface area contributed by atoms with Crippen LogP contribution in [-0.2, 0) is 10.0 Å². The number of H-pyrrole nitrogens is 1. The van der Waals surface area contributed by atoms with Gasteiger partial charge in [-0.3, -0.25) is 9.78 Å². The number of piperazine rings is 1. The average molecular weight is 481 g/mol. The maximum Gasteiger partial charge on any atom is 0.259 e. The molecule has 0 aliphatic carbocycles. The van der Waals surface area contributed by atoms with Crippen molar-refractivity contribution in [1.29, 1.82) is 0 Å². The van der Waals surface area contributed by atoms with Gasteiger partial charge in [-0.05, 0) is 47.5 Å². The van der Waals surface area contributed by atoms with E-state index in [0.29, 0.717) is 28.0 Å². The zero-order valence-electron chi connectivity index (χ0n) is 17.5. The standard InChI is InChI=1S/C24H21ClN4O3S/c25-20-5-6-21-19(13-20)14-23(28-21)33(31,32)29-12-11-27-15-22(29)24(30)18-3-1-16(2-4-18)17-7-9-26-10-8-17/h1-10,13-14,22,27-28H,11-12,15H2. The number of pyridine rings is 1. The molecule has 4 aromatic rings. The number of carbonyl (C=O) groups excluding carboxylic acids is 1. The molecular weight excluding hydrogens is 460 g/mol. The largest absolute Gasteiger partial charge is 0.345 e. The van der Waals surface area contributed by atoms with Crippen molar-refractivity contribution in [3.05, 3.63) is 83.6 Å². The second-order valence-electron chi connectivity index (χ2n) is 7.88. The minimum absolute atomic E-state index is 0.0486. The van der Waals surface area contributed by atoms with Crippen molar-refractivity contribution in [1.82, 2.24) is 19.6 Å². The number of carbonyl (C=O) groups is 1. The van der Waals surface area contributed by atoms with Gasteiger partial charge in [0.25, 0.3) is 10.0 Å². The second-order valence-corrected chi connectivity index (χ2v) is 10.2. The van der Waals surface area contributed by atoms with Gasteiger partial charge in [0, 0.05) is 53.5 Å². The highest BCUT2D eigenvalue weighted by Crippen LogP contribution is 2.27. The van der Waals surface area contributed by atoms with E-state index in [2.05, 4.69) is 15.3 Å². The molecule has 2 N–H and O–H groups in total. The number of nitrogens with zero attached hydrogens (tertiary/aromatic N) is 2. The summed E-state index contributed by atoms with van der Waals surface area (Å²) in [4.78, 5) is 20.3. The molecule has 7 nitrogen and oxygen atoms in total. The molecule has 0 amide bonds. The van der Waals surface area contributed by atoms with Crippen LogP contribution in [0.25, 0.3) is 22.0 Å². The number of benzene rings is 2. The van der Waals surface area contributed by atoms with Crippen molar-refractivity contribution in [3.8, 4) is 11.1 Å². The van der Waals surface area contributed by atoms with Gasteiger partial charge >= 0.3 is 0 Å². The third kappa shape index (κ3) is 4.18. The molecule has 2 aromatic carbocycles. The smallest absolute Gasteiger partial charge is 0.259 e. The molecule has 1 aliphatic rings. The summed E-state index contributed by atoms with van der Waals surface area (Å²) in [7, 11) is -3.92. The SMILES string of the molecule is O=C(c1ccc(-c2ccncc2)cc1)C1CNCCN1S(=O)(=O)c1cc2cc(Cl)ccc2[nH]1. The fourth-order valence-corrected chi connectivity index (χ4v) is 5.89. The lowest BCUT2D eigenvalue weighted by molar-refractivity contribution is 0.0875. The van der Waals surface area contributed by atoms with Crippen LogP contribution in [0.2, 0.25) is 5.02 Å². The number of rotatable bonds is 5. The topological polar surface area (TPSA) is 95.2 Å². The average Bonchev–Trinajstić information content (AvgIpc) is 3.28. The van der Waals surface area contributed by atoms with E-state index in [1.165, 1.54) is 4.31 Å². The predicted octanol–water partition coefficient (Wildman–Crippen LogP) is 3.73. The van der Waals surface area contributed by atoms with Gasteiger partial charge < -0.3 is 10.3 Å². The van der Waals surface area contributed by atoms with E-state index in [1.807, 2.05) is 24.3 Å². The highest BCUT2D eigenvalue weighted by molar-refractivity contribution is 7.89. The molecule has 1 unspecified atom stereocenters. The Balaban J connectivity index is 1.44. The summed E-state index contributed by atoms with van der Waals surface area (Å²) in [5.41, 5.74) is 3.08. The Kier molecular flexibility index (Phi) is 5.76. The summed E-state index contributed by atoms with van der Waals surface area (Å²) in [6.07, 6.45) is 3.42. The van der Waals surface area contributed by atoms with Gasteiger partial charge in [-0.15, -0.1) is 0 Å². The number of nitrogens with one attached hydrogen (secondary N) is 2. The number of Topliss-reactive ketones (excluding diaryl/α,β-unsaturated/α-hetero) is 1. The van der Waals surface area contributed by atoms with E-state index in [4.69, 9.17) is 11.6 Å². The van der Waals surface area contributed by atoms with Gasteiger partial charge in [-0.25, -0.2) is 8.42 Å². The van der Waals surface area contributed by atoms with Gasteiger partial charge in [-0.2, -0.15) is 4.31 Å². The van der Waals surface area contributed by atoms with E-state index in [-0.39, 0.29) is 23.9 Å². The number of aromatic amines is 1. The lowest BCUT2D eigenvalue weighted by Gasteiger charge is -2.33. The molecule has 9 heteroatoms. The van der Waals surface area contributed by atoms with Gasteiger partial charge in [0.05, 0.1) is 0 Å². The summed E-state index contributed by atoms with van der Waals surface area (Å²) >= 11 is 6.04. The van der Waals surface area contributed by atoms with Crippen LogP contribution >= 0.6 is 11.6 Å². The Labute approximate surface area is 196 Å². The van der Waals surface area contributed by atoms with Crippen LogP contribution in [0, 0.1) is 0 Å². The van der Waals surface area contributed by atoms with Crippen LogP contribution in [0.15, 0.2) is 78.1 Å². The Bertz CT molecular complexity index is 1420. The number of aromatic nitrogens is 2. The number of hydrogen-bond donors (Lipinski definition) is 2. The van der Waals surface area contributed by atoms with Crippen molar-refractivity contribution in [2.75, 3.05) is 19.6 Å². The lowest BCUT2D eigenvalue weighted by Crippen LogP contribution is -2.56. The number of ketones is 1. The first-order valence-corrected chi connectivity index (χ1v) is 12.3. The fourth-order valence-electron chi connectivity index (χ4n) is 4.10. The van der Waals surface area contributed by atoms with Crippen LogP contribution in [0.3, 0.4) is 0 Å². The first kappa shape index (κ1) is 21.8. The zero-order valence-corrected chi connectivity index (χ0v) is 19.1. The molecule has 0 radical (unpaired) electrons. The quantitative estimate of drug-likeness (QED) is 0.424. The van der Waals surface area contributed by atoms with Gasteiger partial charge in [0.15, 0.2) is 5.78 Å². The maximum atomic E-state index is 13.5. The van der Waals surface area contributed by atoms with Crippen LogP contribution in [-0.4, -0.2) is 54.2 Å². The molecule has 1 saturated heterocycles. The summed E-state index contributed by atoms with van der Waals surface area (Å²) < 4.78 is 28.3. The highest BCUT2D eigenvalue weighted by Gasteiger charge is 2.38. The van der Waals surface area contributed by atoms with E-state index >= 15 is 0 Å². The van der Waals surface area contributed by atoms with Gasteiger partial charge in [0.1, 0.15) is 11.1 Å². The van der Waals surface area contributed by atoms with Gasteiger partial charge in [0.2, 0.25) is 0 Å². The van der Waals surface area contributed by atoms with Crippen LogP contribution in [0.1, 0.15) is 10.4 Å². The molecule has 1 aliphatic heterocycles. The molecule has 1 atom stereocenters. The number of sulfonamides is 1. The molecule has 168 valence electrons. The molecule has 5 rings (SSSR count). The third-order valence-electron chi connectivity index (χ3n) is 5.82. The normalized spacial score (nSPS) is 17.3. The Morgan fingerprint density at radius 3 is 2.48 bits per heavy atom. The van der Waals surface area contributed by atoms with Crippen LogP contribution in [0.4, 0.5) is 0 Å². The first-order chi connectivity index (χ1) is 15.9. The van der Waals surface area contributed by atoms with E-state index in [9.17, 15) is 13.2 Å².